The molecule has 1 atom stereocenters. The zero-order valence-corrected chi connectivity index (χ0v) is 12.8. The lowest BCUT2D eigenvalue weighted by Crippen LogP contribution is -2.22. The average Bonchev–Trinajstić information content (AvgIpc) is 2.58. The molecule has 0 radical (unpaired) electrons. The fraction of sp³-hybridized carbons (Fsp3) is 0.111. The Bertz CT molecular complexity index is 929. The summed E-state index contributed by atoms with van der Waals surface area (Å²) < 4.78 is 16.2. The van der Waals surface area contributed by atoms with Gasteiger partial charge in [-0.05, 0) is 31.2 Å². The van der Waals surface area contributed by atoms with Gasteiger partial charge in [-0.2, -0.15) is 0 Å². The summed E-state index contributed by atoms with van der Waals surface area (Å²) in [6.45, 7) is 1.42. The van der Waals surface area contributed by atoms with Crippen molar-refractivity contribution in [2.24, 2.45) is 0 Å². The van der Waals surface area contributed by atoms with Crippen molar-refractivity contribution < 1.29 is 23.8 Å². The van der Waals surface area contributed by atoms with Crippen molar-refractivity contribution in [1.82, 2.24) is 0 Å². The molecule has 0 aliphatic rings. The smallest absolute Gasteiger partial charge is 0.344 e. The average molecular weight is 326 g/mol. The third kappa shape index (κ3) is 3.22. The van der Waals surface area contributed by atoms with Crippen molar-refractivity contribution >= 4 is 16.9 Å². The van der Waals surface area contributed by atoms with Crippen molar-refractivity contribution in [3.05, 3.63) is 65.0 Å². The van der Waals surface area contributed by atoms with Crippen LogP contribution in [0.2, 0.25) is 0 Å². The fourth-order valence-electron chi connectivity index (χ4n) is 2.10. The van der Waals surface area contributed by atoms with E-state index in [9.17, 15) is 9.59 Å². The van der Waals surface area contributed by atoms with Gasteiger partial charge in [0.05, 0.1) is 5.39 Å². The number of fused-ring (bicyclic) bond motifs is 1. The molecule has 1 aromatic heterocycles. The third-order valence-electron chi connectivity index (χ3n) is 3.35. The molecule has 0 aliphatic carbocycles. The standard InChI is InChI=1S/C18H14O6/c1-11(18(20)21)23-13-7-8-14-15(9-13)22-10-16(17(14)19)24-12-5-3-2-4-6-12/h2-11H,1H3,(H,20,21)/t11-/m1/s1. The number of rotatable bonds is 5. The Labute approximate surface area is 136 Å². The van der Waals surface area contributed by atoms with Gasteiger partial charge in [-0.15, -0.1) is 0 Å². The molecule has 0 amide bonds. The predicted octanol–water partition coefficient (Wildman–Crippen LogP) is 3.44. The SMILES string of the molecule is C[C@@H](Oc1ccc2c(=O)c(Oc3ccccc3)coc2c1)C(=O)O. The maximum absolute atomic E-state index is 12.5. The lowest BCUT2D eigenvalue weighted by atomic mass is 10.2. The lowest BCUT2D eigenvalue weighted by Gasteiger charge is -2.10. The Balaban J connectivity index is 1.92. The van der Waals surface area contributed by atoms with Crippen LogP contribution >= 0.6 is 0 Å². The van der Waals surface area contributed by atoms with Gasteiger partial charge in [0.1, 0.15) is 23.3 Å². The number of ether oxygens (including phenoxy) is 2. The molecule has 1 heterocycles. The van der Waals surface area contributed by atoms with Crippen molar-refractivity contribution in [3.63, 3.8) is 0 Å². The van der Waals surface area contributed by atoms with E-state index in [1.165, 1.54) is 31.4 Å². The molecule has 0 unspecified atom stereocenters. The van der Waals surface area contributed by atoms with Crippen LogP contribution in [0, 0.1) is 0 Å². The van der Waals surface area contributed by atoms with Gasteiger partial charge in [0, 0.05) is 6.07 Å². The van der Waals surface area contributed by atoms with Crippen LogP contribution in [0.1, 0.15) is 6.92 Å². The number of carboxylic acids is 1. The summed E-state index contributed by atoms with van der Waals surface area (Å²) in [6.07, 6.45) is 0.220. The Morgan fingerprint density at radius 3 is 2.58 bits per heavy atom. The number of aliphatic carboxylic acids is 1. The summed E-state index contributed by atoms with van der Waals surface area (Å²) in [5.41, 5.74) is -0.0339. The quantitative estimate of drug-likeness (QED) is 0.773. The Kier molecular flexibility index (Phi) is 4.20. The van der Waals surface area contributed by atoms with Crippen LogP contribution in [0.25, 0.3) is 11.0 Å². The van der Waals surface area contributed by atoms with Crippen LogP contribution < -0.4 is 14.9 Å². The largest absolute Gasteiger partial charge is 0.479 e. The minimum absolute atomic E-state index is 0.0706. The summed E-state index contributed by atoms with van der Waals surface area (Å²) in [6, 6.07) is 13.4. The molecule has 0 bridgehead atoms. The van der Waals surface area contributed by atoms with Gasteiger partial charge in [-0.3, -0.25) is 4.79 Å². The van der Waals surface area contributed by atoms with Crippen LogP contribution in [0.15, 0.2) is 64.0 Å². The first-order valence-corrected chi connectivity index (χ1v) is 7.22. The van der Waals surface area contributed by atoms with E-state index in [-0.39, 0.29) is 16.8 Å². The first-order valence-electron chi connectivity index (χ1n) is 7.22. The molecule has 3 aromatic rings. The van der Waals surface area contributed by atoms with Gasteiger partial charge < -0.3 is 19.0 Å². The number of carbonyl (C=O) groups is 1. The molecule has 122 valence electrons. The molecule has 2 aromatic carbocycles. The highest BCUT2D eigenvalue weighted by molar-refractivity contribution is 5.79. The predicted molar refractivity (Wildman–Crippen MR) is 86.7 cm³/mol. The second-order valence-corrected chi connectivity index (χ2v) is 5.10. The number of hydrogen-bond acceptors (Lipinski definition) is 5. The van der Waals surface area contributed by atoms with Gasteiger partial charge in [0.25, 0.3) is 0 Å². The molecule has 0 saturated carbocycles. The summed E-state index contributed by atoms with van der Waals surface area (Å²) in [7, 11) is 0. The van der Waals surface area contributed by atoms with Crippen molar-refractivity contribution in [2.75, 3.05) is 0 Å². The maximum Gasteiger partial charge on any atom is 0.344 e. The normalized spacial score (nSPS) is 11.9. The molecule has 24 heavy (non-hydrogen) atoms. The highest BCUT2D eigenvalue weighted by Crippen LogP contribution is 2.24. The van der Waals surface area contributed by atoms with Crippen LogP contribution in [-0.2, 0) is 4.79 Å². The van der Waals surface area contributed by atoms with E-state index >= 15 is 0 Å². The minimum Gasteiger partial charge on any atom is -0.479 e. The first-order chi connectivity index (χ1) is 11.5. The number of carboxylic acid groups (broad SMARTS) is 1. The monoisotopic (exact) mass is 326 g/mol. The molecule has 6 heteroatoms. The van der Waals surface area contributed by atoms with E-state index in [1.807, 2.05) is 6.07 Å². The number of hydrogen-bond donors (Lipinski definition) is 1. The molecule has 0 fully saturated rings. The molecule has 6 nitrogen and oxygen atoms in total. The van der Waals surface area contributed by atoms with E-state index < -0.39 is 12.1 Å². The Morgan fingerprint density at radius 1 is 1.12 bits per heavy atom. The summed E-state index contributed by atoms with van der Waals surface area (Å²) >= 11 is 0. The van der Waals surface area contributed by atoms with Crippen molar-refractivity contribution in [1.29, 1.82) is 0 Å². The Hall–Kier alpha value is -3.28. The fourth-order valence-corrected chi connectivity index (χ4v) is 2.10. The third-order valence-corrected chi connectivity index (χ3v) is 3.35. The van der Waals surface area contributed by atoms with Crippen LogP contribution in [0.5, 0.6) is 17.2 Å². The first kappa shape index (κ1) is 15.6. The lowest BCUT2D eigenvalue weighted by molar-refractivity contribution is -0.144. The van der Waals surface area contributed by atoms with E-state index in [0.717, 1.165) is 0 Å². The van der Waals surface area contributed by atoms with Crippen molar-refractivity contribution in [2.45, 2.75) is 13.0 Å². The van der Waals surface area contributed by atoms with E-state index in [4.69, 9.17) is 19.0 Å². The maximum atomic E-state index is 12.5. The summed E-state index contributed by atoms with van der Waals surface area (Å²) in [5, 5.41) is 9.18. The second kappa shape index (κ2) is 6.45. The molecule has 0 saturated heterocycles. The summed E-state index contributed by atoms with van der Waals surface area (Å²) in [5.74, 6) is -0.180. The van der Waals surface area contributed by atoms with Gasteiger partial charge in [0.2, 0.25) is 11.2 Å². The Morgan fingerprint density at radius 2 is 1.88 bits per heavy atom. The number of para-hydroxylation sites is 1. The molecular formula is C18H14O6. The van der Waals surface area contributed by atoms with E-state index in [2.05, 4.69) is 0 Å². The zero-order chi connectivity index (χ0) is 17.1. The van der Waals surface area contributed by atoms with Crippen LogP contribution in [-0.4, -0.2) is 17.2 Å². The van der Waals surface area contributed by atoms with Gasteiger partial charge >= 0.3 is 5.97 Å². The molecular weight excluding hydrogens is 312 g/mol. The van der Waals surface area contributed by atoms with Crippen LogP contribution in [0.4, 0.5) is 0 Å². The zero-order valence-electron chi connectivity index (χ0n) is 12.8. The topological polar surface area (TPSA) is 86.0 Å². The van der Waals surface area contributed by atoms with Crippen LogP contribution in [0.3, 0.4) is 0 Å². The van der Waals surface area contributed by atoms with Gasteiger partial charge in [0.15, 0.2) is 6.10 Å². The summed E-state index contributed by atoms with van der Waals surface area (Å²) in [4.78, 5) is 23.3. The van der Waals surface area contributed by atoms with E-state index in [1.54, 1.807) is 24.3 Å². The van der Waals surface area contributed by atoms with Gasteiger partial charge in [-0.1, -0.05) is 18.2 Å². The molecule has 3 rings (SSSR count). The van der Waals surface area contributed by atoms with Gasteiger partial charge in [-0.25, -0.2) is 4.79 Å². The molecule has 1 N–H and O–H groups in total. The second-order valence-electron chi connectivity index (χ2n) is 5.10. The number of benzene rings is 2. The van der Waals surface area contributed by atoms with Crippen molar-refractivity contribution in [3.8, 4) is 17.2 Å². The molecule has 0 aliphatic heterocycles. The highest BCUT2D eigenvalue weighted by atomic mass is 16.5. The van der Waals surface area contributed by atoms with E-state index in [0.29, 0.717) is 16.9 Å². The highest BCUT2D eigenvalue weighted by Gasteiger charge is 2.14. The minimum atomic E-state index is -1.08. The molecule has 0 spiro atoms.